The summed E-state index contributed by atoms with van der Waals surface area (Å²) in [7, 11) is 0. The van der Waals surface area contributed by atoms with Gasteiger partial charge in [-0.2, -0.15) is 13.2 Å². The first-order chi connectivity index (χ1) is 19.0. The van der Waals surface area contributed by atoms with Gasteiger partial charge in [-0.05, 0) is 75.1 Å². The molecule has 1 heterocycles. The zero-order valence-corrected chi connectivity index (χ0v) is 21.8. The van der Waals surface area contributed by atoms with E-state index in [0.717, 1.165) is 31.4 Å². The molecule has 0 radical (unpaired) electrons. The van der Waals surface area contributed by atoms with Crippen molar-refractivity contribution in [1.29, 1.82) is 0 Å². The lowest BCUT2D eigenvalue weighted by atomic mass is 10.0. The maximum absolute atomic E-state index is 12.9. The molecule has 0 saturated carbocycles. The predicted octanol–water partition coefficient (Wildman–Crippen LogP) is 6.75. The number of nitrogen functional groups attached to an aromatic ring is 2. The van der Waals surface area contributed by atoms with E-state index in [4.69, 9.17) is 25.4 Å². The number of halogens is 3. The number of hydrogen-bond acceptors (Lipinski definition) is 7. The van der Waals surface area contributed by atoms with E-state index in [-0.39, 0.29) is 23.4 Å². The highest BCUT2D eigenvalue weighted by Gasteiger charge is 2.30. The molecule has 210 valence electrons. The van der Waals surface area contributed by atoms with Crippen molar-refractivity contribution in [2.45, 2.75) is 38.8 Å². The molecule has 0 fully saturated rings. The summed E-state index contributed by atoms with van der Waals surface area (Å²) >= 11 is 0. The quantitative estimate of drug-likeness (QED) is 0.127. The largest absolute Gasteiger partial charge is 0.493 e. The van der Waals surface area contributed by atoms with Crippen LogP contribution in [0.15, 0.2) is 69.9 Å². The summed E-state index contributed by atoms with van der Waals surface area (Å²) in [5.41, 5.74) is 12.4. The molecule has 7 nitrogen and oxygen atoms in total. The third-order valence-corrected chi connectivity index (χ3v) is 6.32. The van der Waals surface area contributed by atoms with Gasteiger partial charge < -0.3 is 25.4 Å². The lowest BCUT2D eigenvalue weighted by molar-refractivity contribution is -0.137. The summed E-state index contributed by atoms with van der Waals surface area (Å²) in [5.74, 6) is 0.249. The fourth-order valence-electron chi connectivity index (χ4n) is 4.23. The molecular formula is C30H29F3N2O5. The summed E-state index contributed by atoms with van der Waals surface area (Å²) in [4.78, 5) is 25.0. The standard InChI is InChI=1S/C30H29F3N2O5/c1-18-27(36)25-11-10-24(17-26(25)40-28(18)19-6-8-21(9-7-19)30(31,32)33)38-12-4-2-3-5-13-39-29(37)20-14-22(34)16-23(35)15-20/h6-11,14-17H,2-5,12-13,34-35H2,1H3. The Balaban J connectivity index is 1.28. The first kappa shape index (κ1) is 28.5. The molecule has 4 aromatic rings. The van der Waals surface area contributed by atoms with Crippen LogP contribution in [0, 0.1) is 6.92 Å². The van der Waals surface area contributed by atoms with Crippen molar-refractivity contribution in [3.05, 3.63) is 87.6 Å². The van der Waals surface area contributed by atoms with E-state index in [9.17, 15) is 22.8 Å². The summed E-state index contributed by atoms with van der Waals surface area (Å²) in [6.07, 6.45) is -1.33. The molecule has 40 heavy (non-hydrogen) atoms. The number of benzene rings is 3. The van der Waals surface area contributed by atoms with Crippen LogP contribution in [0.25, 0.3) is 22.3 Å². The lowest BCUT2D eigenvalue weighted by Gasteiger charge is -2.11. The van der Waals surface area contributed by atoms with E-state index in [1.807, 2.05) is 0 Å². The molecule has 0 aliphatic carbocycles. The van der Waals surface area contributed by atoms with E-state index >= 15 is 0 Å². The Bertz CT molecular complexity index is 1540. The van der Waals surface area contributed by atoms with Crippen molar-refractivity contribution >= 4 is 28.3 Å². The van der Waals surface area contributed by atoms with Crippen LogP contribution < -0.4 is 21.6 Å². The second-order valence-corrected chi connectivity index (χ2v) is 9.41. The Kier molecular flexibility index (Phi) is 8.67. The molecular weight excluding hydrogens is 525 g/mol. The van der Waals surface area contributed by atoms with E-state index < -0.39 is 17.7 Å². The molecule has 1 aromatic heterocycles. The average Bonchev–Trinajstić information content (AvgIpc) is 2.91. The van der Waals surface area contributed by atoms with Crippen LogP contribution in [0.3, 0.4) is 0 Å². The molecule has 0 unspecified atom stereocenters. The zero-order valence-electron chi connectivity index (χ0n) is 21.8. The number of unbranched alkanes of at least 4 members (excludes halogenated alkanes) is 3. The Morgan fingerprint density at radius 1 is 0.875 bits per heavy atom. The first-order valence-corrected chi connectivity index (χ1v) is 12.7. The Labute approximate surface area is 228 Å². The maximum atomic E-state index is 12.9. The van der Waals surface area contributed by atoms with Crippen molar-refractivity contribution in [2.24, 2.45) is 0 Å². The number of carbonyl (C=O) groups is 1. The minimum atomic E-state index is -4.45. The number of esters is 1. The van der Waals surface area contributed by atoms with Crippen LogP contribution in [-0.2, 0) is 10.9 Å². The van der Waals surface area contributed by atoms with Gasteiger partial charge in [0.15, 0.2) is 5.43 Å². The van der Waals surface area contributed by atoms with Gasteiger partial charge in [-0.3, -0.25) is 4.79 Å². The van der Waals surface area contributed by atoms with E-state index in [2.05, 4.69) is 0 Å². The third kappa shape index (κ3) is 6.93. The van der Waals surface area contributed by atoms with Crippen LogP contribution >= 0.6 is 0 Å². The monoisotopic (exact) mass is 554 g/mol. The molecule has 0 amide bonds. The minimum Gasteiger partial charge on any atom is -0.493 e. The molecule has 0 aliphatic heterocycles. The van der Waals surface area contributed by atoms with Crippen molar-refractivity contribution in [3.8, 4) is 17.1 Å². The molecule has 4 rings (SSSR count). The second-order valence-electron chi connectivity index (χ2n) is 9.41. The number of anilines is 2. The number of rotatable bonds is 10. The predicted molar refractivity (Wildman–Crippen MR) is 147 cm³/mol. The van der Waals surface area contributed by atoms with Gasteiger partial charge in [0.1, 0.15) is 17.1 Å². The number of alkyl halides is 3. The van der Waals surface area contributed by atoms with Crippen LogP contribution in [0.2, 0.25) is 0 Å². The highest BCUT2D eigenvalue weighted by molar-refractivity contribution is 5.91. The van der Waals surface area contributed by atoms with Gasteiger partial charge >= 0.3 is 12.1 Å². The molecule has 0 aliphatic rings. The number of nitrogens with two attached hydrogens (primary N) is 2. The molecule has 0 atom stereocenters. The zero-order chi connectivity index (χ0) is 28.9. The Hall–Kier alpha value is -4.47. The smallest absolute Gasteiger partial charge is 0.416 e. The maximum Gasteiger partial charge on any atom is 0.416 e. The van der Waals surface area contributed by atoms with E-state index in [1.165, 1.54) is 24.3 Å². The number of ether oxygens (including phenoxy) is 2. The SMILES string of the molecule is Cc1c(-c2ccc(C(F)(F)F)cc2)oc2cc(OCCCCCCOC(=O)c3cc(N)cc(N)c3)ccc2c1=O. The number of fused-ring (bicyclic) bond motifs is 1. The van der Waals surface area contributed by atoms with Gasteiger partial charge in [-0.25, -0.2) is 4.79 Å². The molecule has 3 aromatic carbocycles. The van der Waals surface area contributed by atoms with Crippen LogP contribution in [-0.4, -0.2) is 19.2 Å². The van der Waals surface area contributed by atoms with Crippen molar-refractivity contribution in [3.63, 3.8) is 0 Å². The summed E-state index contributed by atoms with van der Waals surface area (Å²) in [5, 5.41) is 0.357. The highest BCUT2D eigenvalue weighted by atomic mass is 19.4. The molecule has 0 saturated heterocycles. The van der Waals surface area contributed by atoms with Gasteiger partial charge in [0.05, 0.1) is 29.7 Å². The summed E-state index contributed by atoms with van der Waals surface area (Å²) < 4.78 is 55.8. The number of carbonyl (C=O) groups excluding carboxylic acids is 1. The van der Waals surface area contributed by atoms with Crippen molar-refractivity contribution in [2.75, 3.05) is 24.7 Å². The first-order valence-electron chi connectivity index (χ1n) is 12.7. The topological polar surface area (TPSA) is 118 Å². The normalized spacial score (nSPS) is 11.5. The summed E-state index contributed by atoms with van der Waals surface area (Å²) in [6, 6.07) is 14.0. The van der Waals surface area contributed by atoms with Crippen LogP contribution in [0.5, 0.6) is 5.75 Å². The molecule has 0 bridgehead atoms. The van der Waals surface area contributed by atoms with Crippen molar-refractivity contribution < 1.29 is 31.9 Å². The Morgan fingerprint density at radius 3 is 2.17 bits per heavy atom. The third-order valence-electron chi connectivity index (χ3n) is 6.32. The molecule has 10 heteroatoms. The molecule has 4 N–H and O–H groups in total. The van der Waals surface area contributed by atoms with Crippen LogP contribution in [0.1, 0.15) is 47.2 Å². The van der Waals surface area contributed by atoms with E-state index in [1.54, 1.807) is 31.2 Å². The Morgan fingerprint density at radius 2 is 1.52 bits per heavy atom. The summed E-state index contributed by atoms with van der Waals surface area (Å²) in [6.45, 7) is 2.28. The fraction of sp³-hybridized carbons (Fsp3) is 0.267. The number of hydrogen-bond donors (Lipinski definition) is 2. The van der Waals surface area contributed by atoms with Gasteiger partial charge in [-0.1, -0.05) is 12.1 Å². The van der Waals surface area contributed by atoms with Gasteiger partial charge in [-0.15, -0.1) is 0 Å². The fourth-order valence-corrected chi connectivity index (χ4v) is 4.23. The van der Waals surface area contributed by atoms with Crippen LogP contribution in [0.4, 0.5) is 24.5 Å². The van der Waals surface area contributed by atoms with Gasteiger partial charge in [0.2, 0.25) is 0 Å². The second kappa shape index (κ2) is 12.1. The molecule has 0 spiro atoms. The highest BCUT2D eigenvalue weighted by Crippen LogP contribution is 2.32. The van der Waals surface area contributed by atoms with Crippen molar-refractivity contribution in [1.82, 2.24) is 0 Å². The van der Waals surface area contributed by atoms with Gasteiger partial charge in [0, 0.05) is 28.6 Å². The average molecular weight is 555 g/mol. The van der Waals surface area contributed by atoms with Gasteiger partial charge in [0.25, 0.3) is 0 Å². The van der Waals surface area contributed by atoms with E-state index in [0.29, 0.717) is 52.2 Å². The minimum absolute atomic E-state index is 0.211. The lowest BCUT2D eigenvalue weighted by Crippen LogP contribution is -2.08.